The summed E-state index contributed by atoms with van der Waals surface area (Å²) in [5, 5.41) is 8.84. The van der Waals surface area contributed by atoms with E-state index in [0.717, 1.165) is 38.5 Å². The standard InChI is InChI=1S/C39H35Cl4F2N3O6/c40-27-13-21(14-28(41)37(27)52-19-22-5-1-11-31(35(22)44)47-25-7-3-8-25)15-33(49)54-34(50)18-46-39(51)24-16-29(42)38(30(43)17-24)53-20-23-6-2-12-32(36(23)45)48-26-9-4-10-26/h1-2,5-6,11-14,16-17,25-26,47-48H,3-4,7-10,15,18-20H2,(H,46,51). The molecule has 2 saturated carbocycles. The van der Waals surface area contributed by atoms with Gasteiger partial charge in [0.05, 0.1) is 37.9 Å². The van der Waals surface area contributed by atoms with Crippen LogP contribution >= 0.6 is 46.4 Å². The summed E-state index contributed by atoms with van der Waals surface area (Å²) in [6.45, 7) is -0.954. The van der Waals surface area contributed by atoms with Crippen molar-refractivity contribution in [1.29, 1.82) is 0 Å². The van der Waals surface area contributed by atoms with Crippen molar-refractivity contribution in [2.24, 2.45) is 0 Å². The van der Waals surface area contributed by atoms with Crippen LogP contribution in [0.15, 0.2) is 60.7 Å². The van der Waals surface area contributed by atoms with Crippen molar-refractivity contribution >= 4 is 75.6 Å². The van der Waals surface area contributed by atoms with Gasteiger partial charge in [0.25, 0.3) is 5.91 Å². The molecule has 0 heterocycles. The Bertz CT molecular complexity index is 2020. The van der Waals surface area contributed by atoms with Crippen LogP contribution in [0.2, 0.25) is 20.1 Å². The molecule has 9 nitrogen and oxygen atoms in total. The lowest BCUT2D eigenvalue weighted by atomic mass is 9.93. The number of benzene rings is 4. The minimum Gasteiger partial charge on any atom is -0.486 e. The summed E-state index contributed by atoms with van der Waals surface area (Å²) < 4.78 is 46.4. The number of ether oxygens (including phenoxy) is 3. The quantitative estimate of drug-likeness (QED) is 0.0803. The Morgan fingerprint density at radius 2 is 1.13 bits per heavy atom. The normalized spacial score (nSPS) is 14.0. The van der Waals surface area contributed by atoms with Gasteiger partial charge in [-0.15, -0.1) is 0 Å². The topological polar surface area (TPSA) is 115 Å². The van der Waals surface area contributed by atoms with E-state index in [2.05, 4.69) is 16.0 Å². The third-order valence-corrected chi connectivity index (χ3v) is 10.2. The molecule has 1 amide bonds. The Balaban J connectivity index is 0.968. The highest BCUT2D eigenvalue weighted by Gasteiger charge is 2.22. The molecule has 0 radical (unpaired) electrons. The number of hydrogen-bond acceptors (Lipinski definition) is 8. The second-order valence-electron chi connectivity index (χ2n) is 13.0. The first-order valence-corrected chi connectivity index (χ1v) is 18.8. The first-order valence-electron chi connectivity index (χ1n) is 17.3. The minimum atomic E-state index is -1.03. The lowest BCUT2D eigenvalue weighted by Gasteiger charge is -2.28. The number of rotatable bonds is 15. The molecule has 0 spiro atoms. The van der Waals surface area contributed by atoms with Crippen molar-refractivity contribution in [1.82, 2.24) is 5.32 Å². The van der Waals surface area contributed by atoms with E-state index < -0.39 is 36.0 Å². The second-order valence-corrected chi connectivity index (χ2v) is 14.7. The van der Waals surface area contributed by atoms with Crippen LogP contribution in [0.3, 0.4) is 0 Å². The number of hydrogen-bond donors (Lipinski definition) is 3. The van der Waals surface area contributed by atoms with Crippen molar-refractivity contribution in [2.45, 2.75) is 70.2 Å². The van der Waals surface area contributed by atoms with E-state index in [1.165, 1.54) is 24.3 Å². The number of anilines is 2. The molecule has 2 fully saturated rings. The molecule has 0 atom stereocenters. The molecule has 6 rings (SSSR count). The molecule has 3 N–H and O–H groups in total. The van der Waals surface area contributed by atoms with Crippen LogP contribution in [0.5, 0.6) is 11.5 Å². The van der Waals surface area contributed by atoms with Gasteiger partial charge in [-0.2, -0.15) is 0 Å². The van der Waals surface area contributed by atoms with E-state index in [1.54, 1.807) is 36.4 Å². The molecule has 2 aliphatic rings. The lowest BCUT2D eigenvalue weighted by molar-refractivity contribution is -0.158. The molecule has 4 aromatic carbocycles. The third-order valence-electron chi connectivity index (χ3n) is 9.12. The van der Waals surface area contributed by atoms with Crippen molar-refractivity contribution in [2.75, 3.05) is 17.2 Å². The Labute approximate surface area is 330 Å². The van der Waals surface area contributed by atoms with Crippen LogP contribution in [0.4, 0.5) is 20.2 Å². The van der Waals surface area contributed by atoms with Gasteiger partial charge >= 0.3 is 11.9 Å². The number of amides is 1. The predicted molar refractivity (Wildman–Crippen MR) is 204 cm³/mol. The Kier molecular flexibility index (Phi) is 13.1. The fourth-order valence-electron chi connectivity index (χ4n) is 5.75. The smallest absolute Gasteiger partial charge is 0.333 e. The SMILES string of the molecule is O=C(CNC(=O)c1cc(Cl)c(OCc2cccc(NC3CCC3)c2F)c(Cl)c1)OC(=O)Cc1cc(Cl)c(OCc2cccc(NC3CCC3)c2F)c(Cl)c1. The summed E-state index contributed by atoms with van der Waals surface area (Å²) in [6, 6.07) is 15.9. The van der Waals surface area contributed by atoms with Crippen molar-refractivity contribution in [3.05, 3.63) is 115 Å². The molecular formula is C39H35Cl4F2N3O6. The van der Waals surface area contributed by atoms with Crippen LogP contribution < -0.4 is 25.4 Å². The summed E-state index contributed by atoms with van der Waals surface area (Å²) in [6.07, 6.45) is 5.82. The van der Waals surface area contributed by atoms with Crippen LogP contribution in [-0.2, 0) is 34.0 Å². The van der Waals surface area contributed by atoms with E-state index in [-0.39, 0.29) is 68.9 Å². The zero-order chi connectivity index (χ0) is 38.4. The van der Waals surface area contributed by atoms with Gasteiger partial charge in [-0.05, 0) is 80.5 Å². The summed E-state index contributed by atoms with van der Waals surface area (Å²) in [7, 11) is 0. The molecule has 15 heteroatoms. The van der Waals surface area contributed by atoms with Gasteiger partial charge in [0.15, 0.2) is 23.1 Å². The number of carbonyl (C=O) groups is 3. The second kappa shape index (κ2) is 17.9. The number of esters is 2. The lowest BCUT2D eigenvalue weighted by Crippen LogP contribution is -2.32. The van der Waals surface area contributed by atoms with E-state index in [1.807, 2.05) is 0 Å². The molecule has 4 aromatic rings. The number of halogens is 6. The van der Waals surface area contributed by atoms with E-state index in [4.69, 9.17) is 60.6 Å². The average Bonchev–Trinajstić information content (AvgIpc) is 3.08. The summed E-state index contributed by atoms with van der Waals surface area (Å²) in [5.74, 6) is -3.40. The van der Waals surface area contributed by atoms with Crippen molar-refractivity contribution in [3.8, 4) is 11.5 Å². The van der Waals surface area contributed by atoms with Crippen LogP contribution in [0.25, 0.3) is 0 Å². The maximum absolute atomic E-state index is 15.0. The first kappa shape index (κ1) is 39.4. The monoisotopic (exact) mass is 819 g/mol. The Morgan fingerprint density at radius 3 is 1.57 bits per heavy atom. The summed E-state index contributed by atoms with van der Waals surface area (Å²) in [5.41, 5.74) is 1.72. The fourth-order valence-corrected chi connectivity index (χ4v) is 6.99. The summed E-state index contributed by atoms with van der Waals surface area (Å²) in [4.78, 5) is 37.7. The molecule has 0 saturated heterocycles. The van der Waals surface area contributed by atoms with Crippen LogP contribution in [-0.4, -0.2) is 36.5 Å². The van der Waals surface area contributed by atoms with E-state index in [0.29, 0.717) is 28.1 Å². The molecule has 0 aromatic heterocycles. The van der Waals surface area contributed by atoms with E-state index in [9.17, 15) is 14.4 Å². The molecule has 0 bridgehead atoms. The van der Waals surface area contributed by atoms with Gasteiger partial charge in [-0.3, -0.25) is 9.59 Å². The molecular weight excluding hydrogens is 786 g/mol. The third kappa shape index (κ3) is 9.87. The maximum Gasteiger partial charge on any atom is 0.333 e. The molecule has 54 heavy (non-hydrogen) atoms. The predicted octanol–water partition coefficient (Wildman–Crippen LogP) is 9.71. The number of nitrogens with one attached hydrogen (secondary N) is 3. The van der Waals surface area contributed by atoms with Gasteiger partial charge < -0.3 is 30.2 Å². The fraction of sp³-hybridized carbons (Fsp3) is 0.308. The first-order chi connectivity index (χ1) is 25.9. The molecule has 0 unspecified atom stereocenters. The zero-order valence-corrected chi connectivity index (χ0v) is 31.7. The van der Waals surface area contributed by atoms with Crippen LogP contribution in [0.1, 0.15) is 65.6 Å². The van der Waals surface area contributed by atoms with Gasteiger partial charge in [0.2, 0.25) is 0 Å². The van der Waals surface area contributed by atoms with Gasteiger partial charge in [0, 0.05) is 28.8 Å². The maximum atomic E-state index is 15.0. The Morgan fingerprint density at radius 1 is 0.667 bits per heavy atom. The largest absolute Gasteiger partial charge is 0.486 e. The molecule has 0 aliphatic heterocycles. The molecule has 284 valence electrons. The Hall–Kier alpha value is -4.29. The highest BCUT2D eigenvalue weighted by molar-refractivity contribution is 6.38. The van der Waals surface area contributed by atoms with Crippen molar-refractivity contribution in [3.63, 3.8) is 0 Å². The van der Waals surface area contributed by atoms with Crippen molar-refractivity contribution < 1.29 is 37.4 Å². The van der Waals surface area contributed by atoms with Gasteiger partial charge in [-0.1, -0.05) is 70.7 Å². The highest BCUT2D eigenvalue weighted by atomic mass is 35.5. The minimum absolute atomic E-state index is 0.00159. The van der Waals surface area contributed by atoms with Gasteiger partial charge in [0.1, 0.15) is 19.8 Å². The number of carbonyl (C=O) groups excluding carboxylic acids is 3. The molecule has 2 aliphatic carbocycles. The highest BCUT2D eigenvalue weighted by Crippen LogP contribution is 2.37. The van der Waals surface area contributed by atoms with E-state index >= 15 is 8.78 Å². The summed E-state index contributed by atoms with van der Waals surface area (Å²) >= 11 is 25.5. The van der Waals surface area contributed by atoms with Gasteiger partial charge in [-0.25, -0.2) is 13.6 Å². The zero-order valence-electron chi connectivity index (χ0n) is 28.7. The average molecular weight is 822 g/mol. The van der Waals surface area contributed by atoms with Crippen LogP contribution in [0, 0.1) is 11.6 Å².